The van der Waals surface area contributed by atoms with Crippen LogP contribution >= 0.6 is 0 Å². The highest BCUT2D eigenvalue weighted by molar-refractivity contribution is 5.58. The van der Waals surface area contributed by atoms with Crippen molar-refractivity contribution in [2.45, 2.75) is 70.4 Å². The first-order valence-electron chi connectivity index (χ1n) is 9.23. The van der Waals surface area contributed by atoms with Gasteiger partial charge in [-0.2, -0.15) is 0 Å². The minimum atomic E-state index is 0.370. The highest BCUT2D eigenvalue weighted by Gasteiger charge is 2.23. The molecule has 1 heterocycles. The summed E-state index contributed by atoms with van der Waals surface area (Å²) in [5.41, 5.74) is 2.33. The molecule has 0 spiro atoms. The van der Waals surface area contributed by atoms with Crippen LogP contribution < -0.4 is 5.32 Å². The zero-order valence-electron chi connectivity index (χ0n) is 14.2. The molecular formula is C20H29N3. The van der Waals surface area contributed by atoms with Gasteiger partial charge >= 0.3 is 0 Å². The quantitative estimate of drug-likeness (QED) is 0.622. The molecule has 0 aliphatic heterocycles. The summed E-state index contributed by atoms with van der Waals surface area (Å²) in [6.45, 7) is 2.27. The first kappa shape index (κ1) is 16.3. The molecular weight excluding hydrogens is 282 g/mol. The summed E-state index contributed by atoms with van der Waals surface area (Å²) in [5, 5.41) is 3.82. The van der Waals surface area contributed by atoms with E-state index >= 15 is 0 Å². The van der Waals surface area contributed by atoms with E-state index in [9.17, 15) is 0 Å². The fraction of sp³-hybridized carbons (Fsp3) is 0.550. The lowest BCUT2D eigenvalue weighted by Gasteiger charge is -2.31. The number of unbranched alkanes of at least 4 members (excludes halogenated alkanes) is 3. The molecule has 1 saturated carbocycles. The summed E-state index contributed by atoms with van der Waals surface area (Å²) >= 11 is 0. The van der Waals surface area contributed by atoms with Crippen LogP contribution in [-0.2, 0) is 0 Å². The predicted molar refractivity (Wildman–Crippen MR) is 96.3 cm³/mol. The van der Waals surface area contributed by atoms with E-state index in [0.29, 0.717) is 12.1 Å². The highest BCUT2D eigenvalue weighted by atomic mass is 15.0. The molecule has 1 aliphatic rings. The van der Waals surface area contributed by atoms with Gasteiger partial charge in [0, 0.05) is 6.04 Å². The van der Waals surface area contributed by atoms with Gasteiger partial charge in [0.1, 0.15) is 5.82 Å². The molecule has 1 aliphatic carbocycles. The Hall–Kier alpha value is -1.61. The van der Waals surface area contributed by atoms with Gasteiger partial charge in [0.2, 0.25) is 0 Å². The molecule has 3 heteroatoms. The molecule has 0 radical (unpaired) electrons. The minimum absolute atomic E-state index is 0.370. The lowest BCUT2D eigenvalue weighted by molar-refractivity contribution is 0.289. The minimum Gasteiger partial charge on any atom is -0.341 e. The molecule has 2 N–H and O–H groups in total. The topological polar surface area (TPSA) is 40.7 Å². The average Bonchev–Trinajstić information content (AvgIpc) is 3.03. The second-order valence-corrected chi connectivity index (χ2v) is 6.74. The summed E-state index contributed by atoms with van der Waals surface area (Å²) in [5.74, 6) is 1.10. The number of aromatic amines is 1. The number of nitrogens with one attached hydrogen (secondary N) is 2. The summed E-state index contributed by atoms with van der Waals surface area (Å²) in [6, 6.07) is 11.5. The lowest BCUT2D eigenvalue weighted by Crippen LogP contribution is -2.38. The number of benzene rings is 1. The van der Waals surface area contributed by atoms with Crippen LogP contribution in [0.2, 0.25) is 0 Å². The van der Waals surface area contributed by atoms with Crippen LogP contribution in [0.15, 0.2) is 36.5 Å². The van der Waals surface area contributed by atoms with Gasteiger partial charge in [-0.15, -0.1) is 0 Å². The molecule has 0 unspecified atom stereocenters. The second kappa shape index (κ2) is 8.30. The molecule has 3 rings (SSSR count). The van der Waals surface area contributed by atoms with Gasteiger partial charge in [-0.05, 0) is 24.8 Å². The van der Waals surface area contributed by atoms with Crippen LogP contribution in [0, 0.1) is 0 Å². The van der Waals surface area contributed by atoms with Crippen molar-refractivity contribution in [1.29, 1.82) is 0 Å². The third-order valence-corrected chi connectivity index (χ3v) is 4.90. The first-order chi connectivity index (χ1) is 11.4. The number of rotatable bonds is 9. The van der Waals surface area contributed by atoms with Gasteiger partial charge in [-0.25, -0.2) is 4.98 Å². The maximum atomic E-state index is 4.69. The van der Waals surface area contributed by atoms with Crippen LogP contribution in [0.5, 0.6) is 0 Å². The zero-order chi connectivity index (χ0) is 15.9. The third kappa shape index (κ3) is 4.44. The predicted octanol–water partition coefficient (Wildman–Crippen LogP) is 5.23. The normalized spacial score (nSPS) is 16.2. The summed E-state index contributed by atoms with van der Waals surface area (Å²) in [6.07, 6.45) is 12.4. The summed E-state index contributed by atoms with van der Waals surface area (Å²) < 4.78 is 0. The molecule has 0 saturated heterocycles. The Balaban J connectivity index is 1.66. The number of aromatic nitrogens is 2. The summed E-state index contributed by atoms with van der Waals surface area (Å²) in [7, 11) is 0. The van der Waals surface area contributed by atoms with E-state index in [-0.39, 0.29) is 0 Å². The van der Waals surface area contributed by atoms with Crippen LogP contribution in [0.1, 0.15) is 70.2 Å². The van der Waals surface area contributed by atoms with Gasteiger partial charge < -0.3 is 10.3 Å². The van der Waals surface area contributed by atoms with Gasteiger partial charge in [0.05, 0.1) is 17.9 Å². The largest absolute Gasteiger partial charge is 0.341 e. The van der Waals surface area contributed by atoms with E-state index < -0.39 is 0 Å². The van der Waals surface area contributed by atoms with Crippen molar-refractivity contribution in [1.82, 2.24) is 15.3 Å². The Morgan fingerprint density at radius 1 is 1.17 bits per heavy atom. The van der Waals surface area contributed by atoms with Gasteiger partial charge in [-0.3, -0.25) is 0 Å². The Morgan fingerprint density at radius 2 is 2.00 bits per heavy atom. The van der Waals surface area contributed by atoms with Crippen LogP contribution in [0.4, 0.5) is 0 Å². The van der Waals surface area contributed by atoms with Gasteiger partial charge in [0.25, 0.3) is 0 Å². The van der Waals surface area contributed by atoms with Crippen molar-refractivity contribution in [2.75, 3.05) is 0 Å². The van der Waals surface area contributed by atoms with E-state index in [4.69, 9.17) is 0 Å². The summed E-state index contributed by atoms with van der Waals surface area (Å²) in [4.78, 5) is 8.24. The molecule has 1 aromatic heterocycles. The van der Waals surface area contributed by atoms with Crippen molar-refractivity contribution in [2.24, 2.45) is 0 Å². The van der Waals surface area contributed by atoms with E-state index in [0.717, 1.165) is 11.5 Å². The molecule has 1 aromatic carbocycles. The molecule has 0 bridgehead atoms. The van der Waals surface area contributed by atoms with E-state index in [1.807, 2.05) is 6.20 Å². The van der Waals surface area contributed by atoms with Crippen molar-refractivity contribution in [3.63, 3.8) is 0 Å². The number of hydrogen-bond acceptors (Lipinski definition) is 2. The molecule has 1 atom stereocenters. The Labute approximate surface area is 139 Å². The number of imidazole rings is 1. The average molecular weight is 311 g/mol. The smallest absolute Gasteiger partial charge is 0.123 e. The monoisotopic (exact) mass is 311 g/mol. The standard InChI is InChI=1S/C20H29N3/c1-2-3-4-8-14-18(22-17-12-9-13-17)20-21-15-19(23-20)16-10-6-5-7-11-16/h5-7,10-11,15,17-18,22H,2-4,8-9,12-14H2,1H3,(H,21,23)/t18-/m0/s1. The Bertz CT molecular complexity index is 572. The van der Waals surface area contributed by atoms with Gasteiger partial charge in [-0.1, -0.05) is 69.4 Å². The molecule has 3 nitrogen and oxygen atoms in total. The van der Waals surface area contributed by atoms with E-state index in [1.165, 1.54) is 56.9 Å². The fourth-order valence-electron chi connectivity index (χ4n) is 3.21. The molecule has 124 valence electrons. The van der Waals surface area contributed by atoms with E-state index in [1.54, 1.807) is 0 Å². The zero-order valence-corrected chi connectivity index (χ0v) is 14.2. The van der Waals surface area contributed by atoms with Crippen molar-refractivity contribution >= 4 is 0 Å². The number of nitrogens with zero attached hydrogens (tertiary/aromatic N) is 1. The maximum Gasteiger partial charge on any atom is 0.123 e. The van der Waals surface area contributed by atoms with Crippen LogP contribution in [0.25, 0.3) is 11.3 Å². The second-order valence-electron chi connectivity index (χ2n) is 6.74. The van der Waals surface area contributed by atoms with Crippen molar-refractivity contribution in [3.8, 4) is 11.3 Å². The number of hydrogen-bond donors (Lipinski definition) is 2. The highest BCUT2D eigenvalue weighted by Crippen LogP contribution is 2.26. The molecule has 2 aromatic rings. The van der Waals surface area contributed by atoms with E-state index in [2.05, 4.69) is 52.5 Å². The third-order valence-electron chi connectivity index (χ3n) is 4.90. The Kier molecular flexibility index (Phi) is 5.87. The number of H-pyrrole nitrogens is 1. The van der Waals surface area contributed by atoms with Crippen LogP contribution in [0.3, 0.4) is 0 Å². The van der Waals surface area contributed by atoms with Gasteiger partial charge in [0.15, 0.2) is 0 Å². The SMILES string of the molecule is CCCCCC[C@H](NC1CCC1)c1ncc(-c2ccccc2)[nH]1. The first-order valence-corrected chi connectivity index (χ1v) is 9.23. The maximum absolute atomic E-state index is 4.69. The lowest BCUT2D eigenvalue weighted by atomic mass is 9.91. The molecule has 23 heavy (non-hydrogen) atoms. The van der Waals surface area contributed by atoms with Crippen LogP contribution in [-0.4, -0.2) is 16.0 Å². The molecule has 1 fully saturated rings. The van der Waals surface area contributed by atoms with Crippen molar-refractivity contribution in [3.05, 3.63) is 42.4 Å². The Morgan fingerprint density at radius 3 is 2.70 bits per heavy atom. The van der Waals surface area contributed by atoms with Crippen molar-refractivity contribution < 1.29 is 0 Å². The fourth-order valence-corrected chi connectivity index (χ4v) is 3.21. The molecule has 0 amide bonds.